The molecule has 2 aromatic rings. The lowest BCUT2D eigenvalue weighted by atomic mass is 10.0. The van der Waals surface area contributed by atoms with Gasteiger partial charge < -0.3 is 5.32 Å². The first-order chi connectivity index (χ1) is 10.0. The summed E-state index contributed by atoms with van der Waals surface area (Å²) in [6.07, 6.45) is 3.63. The van der Waals surface area contributed by atoms with Crippen LogP contribution in [0.3, 0.4) is 0 Å². The predicted octanol–water partition coefficient (Wildman–Crippen LogP) is 4.79. The number of hydrogen-bond donors (Lipinski definition) is 1. The summed E-state index contributed by atoms with van der Waals surface area (Å²) in [6, 6.07) is 7.23. The summed E-state index contributed by atoms with van der Waals surface area (Å²) in [4.78, 5) is 6.41. The van der Waals surface area contributed by atoms with E-state index in [0.717, 1.165) is 10.9 Å². The van der Waals surface area contributed by atoms with Gasteiger partial charge in [0.25, 0.3) is 0 Å². The molecule has 1 unspecified atom stereocenters. The fourth-order valence-electron chi connectivity index (χ4n) is 2.82. The predicted molar refractivity (Wildman–Crippen MR) is 93.1 cm³/mol. The molecule has 1 heterocycles. The Morgan fingerprint density at radius 1 is 1.29 bits per heavy atom. The third-order valence-corrected chi connectivity index (χ3v) is 5.99. The summed E-state index contributed by atoms with van der Waals surface area (Å²) >= 11 is 5.48. The quantitative estimate of drug-likeness (QED) is 0.843. The minimum Gasteiger partial charge on any atom is -0.302 e. The molecule has 1 N–H and O–H groups in total. The molecule has 1 atom stereocenters. The highest BCUT2D eigenvalue weighted by molar-refractivity contribution is 9.10. The monoisotopic (exact) mass is 364 g/mol. The van der Waals surface area contributed by atoms with Crippen LogP contribution in [0.15, 0.2) is 22.7 Å². The molecule has 1 aliphatic carbocycles. The zero-order valence-corrected chi connectivity index (χ0v) is 15.1. The van der Waals surface area contributed by atoms with Gasteiger partial charge in [-0.1, -0.05) is 28.1 Å². The first-order valence-electron chi connectivity index (χ1n) is 7.55. The van der Waals surface area contributed by atoms with Gasteiger partial charge in [-0.05, 0) is 57.2 Å². The Labute approximate surface area is 139 Å². The van der Waals surface area contributed by atoms with Crippen LogP contribution in [0.2, 0.25) is 0 Å². The van der Waals surface area contributed by atoms with Gasteiger partial charge in [0.1, 0.15) is 5.01 Å². The van der Waals surface area contributed by atoms with Crippen molar-refractivity contribution in [2.45, 2.75) is 52.1 Å². The smallest absolute Gasteiger partial charge is 0.115 e. The maximum absolute atomic E-state index is 4.92. The van der Waals surface area contributed by atoms with Gasteiger partial charge in [0.15, 0.2) is 0 Å². The van der Waals surface area contributed by atoms with Crippen molar-refractivity contribution in [1.82, 2.24) is 10.3 Å². The molecule has 0 radical (unpaired) electrons. The summed E-state index contributed by atoms with van der Waals surface area (Å²) < 4.78 is 1.16. The molecule has 0 spiro atoms. The van der Waals surface area contributed by atoms with Crippen molar-refractivity contribution in [3.8, 4) is 0 Å². The molecular weight excluding hydrogens is 344 g/mol. The van der Waals surface area contributed by atoms with E-state index in [2.05, 4.69) is 60.2 Å². The van der Waals surface area contributed by atoms with Crippen molar-refractivity contribution in [2.75, 3.05) is 0 Å². The average Bonchev–Trinajstić information content (AvgIpc) is 3.00. The maximum atomic E-state index is 4.92. The summed E-state index contributed by atoms with van der Waals surface area (Å²) in [5, 5.41) is 4.90. The SMILES string of the molecule is Cc1cc(C(NC(C)C)c2nc3c(s2)CCC3)ccc1Br. The van der Waals surface area contributed by atoms with Crippen LogP contribution in [0.25, 0.3) is 0 Å². The second-order valence-corrected chi connectivity index (χ2v) is 8.01. The Bertz CT molecular complexity index is 627. The Hall–Kier alpha value is -0.710. The molecule has 2 nitrogen and oxygen atoms in total. The largest absolute Gasteiger partial charge is 0.302 e. The number of halogens is 1. The molecule has 1 aromatic carbocycles. The Morgan fingerprint density at radius 3 is 2.76 bits per heavy atom. The van der Waals surface area contributed by atoms with E-state index in [9.17, 15) is 0 Å². The first kappa shape index (κ1) is 15.2. The molecule has 1 aliphatic rings. The van der Waals surface area contributed by atoms with E-state index in [0.29, 0.717) is 6.04 Å². The van der Waals surface area contributed by atoms with Gasteiger partial charge in [0, 0.05) is 15.4 Å². The first-order valence-corrected chi connectivity index (χ1v) is 9.16. The molecule has 1 aromatic heterocycles. The van der Waals surface area contributed by atoms with Gasteiger partial charge in [-0.2, -0.15) is 0 Å². The fraction of sp³-hybridized carbons (Fsp3) is 0.471. The van der Waals surface area contributed by atoms with Crippen LogP contribution in [0.1, 0.15) is 53.0 Å². The lowest BCUT2D eigenvalue weighted by Crippen LogP contribution is -2.29. The second kappa shape index (κ2) is 6.19. The van der Waals surface area contributed by atoms with Crippen LogP contribution in [0.5, 0.6) is 0 Å². The minimum atomic E-state index is 0.201. The molecule has 3 rings (SSSR count). The van der Waals surface area contributed by atoms with E-state index in [4.69, 9.17) is 4.98 Å². The van der Waals surface area contributed by atoms with Crippen LogP contribution >= 0.6 is 27.3 Å². The van der Waals surface area contributed by atoms with E-state index in [-0.39, 0.29) is 6.04 Å². The van der Waals surface area contributed by atoms with E-state index < -0.39 is 0 Å². The van der Waals surface area contributed by atoms with E-state index >= 15 is 0 Å². The highest BCUT2D eigenvalue weighted by Gasteiger charge is 2.24. The second-order valence-electron chi connectivity index (χ2n) is 6.04. The van der Waals surface area contributed by atoms with Gasteiger partial charge in [-0.3, -0.25) is 0 Å². The van der Waals surface area contributed by atoms with Crippen LogP contribution in [-0.4, -0.2) is 11.0 Å². The van der Waals surface area contributed by atoms with E-state index in [1.54, 1.807) is 0 Å². The summed E-state index contributed by atoms with van der Waals surface area (Å²) in [5.41, 5.74) is 3.91. The molecule has 112 valence electrons. The molecule has 0 aliphatic heterocycles. The van der Waals surface area contributed by atoms with Crippen molar-refractivity contribution in [2.24, 2.45) is 0 Å². The number of hydrogen-bond acceptors (Lipinski definition) is 3. The van der Waals surface area contributed by atoms with E-state index in [1.165, 1.54) is 39.5 Å². The van der Waals surface area contributed by atoms with Crippen LogP contribution < -0.4 is 5.32 Å². The van der Waals surface area contributed by atoms with Crippen LogP contribution in [0, 0.1) is 6.92 Å². The van der Waals surface area contributed by atoms with Crippen LogP contribution in [-0.2, 0) is 12.8 Å². The third kappa shape index (κ3) is 3.22. The molecule has 4 heteroatoms. The van der Waals surface area contributed by atoms with Crippen molar-refractivity contribution in [1.29, 1.82) is 0 Å². The number of aryl methyl sites for hydroxylation is 3. The average molecular weight is 365 g/mol. The summed E-state index contributed by atoms with van der Waals surface area (Å²) in [7, 11) is 0. The number of thiazole rings is 1. The van der Waals surface area contributed by atoms with Gasteiger partial charge in [-0.15, -0.1) is 11.3 Å². The number of benzene rings is 1. The molecule has 0 saturated carbocycles. The summed E-state index contributed by atoms with van der Waals surface area (Å²) in [5.74, 6) is 0. The highest BCUT2D eigenvalue weighted by Crippen LogP contribution is 2.34. The number of nitrogens with one attached hydrogen (secondary N) is 1. The molecule has 0 fully saturated rings. The maximum Gasteiger partial charge on any atom is 0.115 e. The molecule has 21 heavy (non-hydrogen) atoms. The lowest BCUT2D eigenvalue weighted by Gasteiger charge is -2.20. The molecule has 0 amide bonds. The van der Waals surface area contributed by atoms with Gasteiger partial charge in [0.2, 0.25) is 0 Å². The van der Waals surface area contributed by atoms with Crippen molar-refractivity contribution in [3.63, 3.8) is 0 Å². The third-order valence-electron chi connectivity index (χ3n) is 3.87. The van der Waals surface area contributed by atoms with Crippen LogP contribution in [0.4, 0.5) is 0 Å². The van der Waals surface area contributed by atoms with Gasteiger partial charge >= 0.3 is 0 Å². The fourth-order valence-corrected chi connectivity index (χ4v) is 4.31. The number of rotatable bonds is 4. The Morgan fingerprint density at radius 2 is 2.10 bits per heavy atom. The number of fused-ring (bicyclic) bond motifs is 1. The van der Waals surface area contributed by atoms with Gasteiger partial charge in [0.05, 0.1) is 11.7 Å². The van der Waals surface area contributed by atoms with E-state index in [1.807, 2.05) is 11.3 Å². The molecule has 0 bridgehead atoms. The Kier molecular flexibility index (Phi) is 4.48. The zero-order valence-electron chi connectivity index (χ0n) is 12.7. The Balaban J connectivity index is 1.98. The minimum absolute atomic E-state index is 0.201. The molecule has 0 saturated heterocycles. The normalized spacial score (nSPS) is 15.5. The topological polar surface area (TPSA) is 24.9 Å². The van der Waals surface area contributed by atoms with Crippen molar-refractivity contribution in [3.05, 3.63) is 49.4 Å². The number of nitrogens with zero attached hydrogens (tertiary/aromatic N) is 1. The van der Waals surface area contributed by atoms with Crippen molar-refractivity contribution < 1.29 is 0 Å². The molecular formula is C17H21BrN2S. The lowest BCUT2D eigenvalue weighted by molar-refractivity contribution is 0.526. The number of aromatic nitrogens is 1. The van der Waals surface area contributed by atoms with Gasteiger partial charge in [-0.25, -0.2) is 4.98 Å². The highest BCUT2D eigenvalue weighted by atomic mass is 79.9. The zero-order chi connectivity index (χ0) is 15.0. The standard InChI is InChI=1S/C17H21BrN2S/c1-10(2)19-16(12-7-8-13(18)11(3)9-12)17-20-14-5-4-6-15(14)21-17/h7-10,16,19H,4-6H2,1-3H3. The van der Waals surface area contributed by atoms with Crippen molar-refractivity contribution >= 4 is 27.3 Å². The summed E-state index contributed by atoms with van der Waals surface area (Å²) in [6.45, 7) is 6.53.